The number of hydrogen-bond acceptors (Lipinski definition) is 4. The summed E-state index contributed by atoms with van der Waals surface area (Å²) >= 11 is 0. The Kier molecular flexibility index (Phi) is 6.11. The fourth-order valence-corrected chi connectivity index (χ4v) is 3.04. The zero-order valence-electron chi connectivity index (χ0n) is 16.3. The van der Waals surface area contributed by atoms with Crippen LogP contribution in [0.25, 0.3) is 0 Å². The first-order chi connectivity index (χ1) is 12.3. The molecule has 0 aromatic heterocycles. The van der Waals surface area contributed by atoms with Crippen LogP contribution < -0.4 is 5.32 Å². The summed E-state index contributed by atoms with van der Waals surface area (Å²) in [5.74, 6) is 0. The summed E-state index contributed by atoms with van der Waals surface area (Å²) in [5.41, 5.74) is -2.01. The van der Waals surface area contributed by atoms with Crippen molar-refractivity contribution in [3.63, 3.8) is 0 Å². The van der Waals surface area contributed by atoms with E-state index in [9.17, 15) is 18.0 Å². The van der Waals surface area contributed by atoms with Crippen LogP contribution in [0.4, 0.5) is 18.0 Å². The molecule has 1 heterocycles. The molecule has 1 aromatic rings. The van der Waals surface area contributed by atoms with E-state index >= 15 is 0 Å². The van der Waals surface area contributed by atoms with E-state index in [0.717, 1.165) is 6.07 Å². The first-order valence-electron chi connectivity index (χ1n) is 8.83. The molecule has 0 radical (unpaired) electrons. The Labute approximate surface area is 157 Å². The summed E-state index contributed by atoms with van der Waals surface area (Å²) in [6.07, 6.45) is -4.91. The quantitative estimate of drug-likeness (QED) is 0.841. The van der Waals surface area contributed by atoms with Crippen molar-refractivity contribution in [1.29, 1.82) is 0 Å². The molecule has 5 nitrogen and oxygen atoms in total. The Morgan fingerprint density at radius 1 is 1.30 bits per heavy atom. The largest absolute Gasteiger partial charge is 0.444 e. The van der Waals surface area contributed by atoms with Gasteiger partial charge in [-0.15, -0.1) is 0 Å². The first kappa shape index (κ1) is 21.5. The molecule has 1 saturated heterocycles. The Balaban J connectivity index is 2.04. The molecule has 0 spiro atoms. The molecule has 1 atom stereocenters. The van der Waals surface area contributed by atoms with E-state index in [1.54, 1.807) is 40.7 Å². The van der Waals surface area contributed by atoms with E-state index in [2.05, 4.69) is 5.32 Å². The van der Waals surface area contributed by atoms with Gasteiger partial charge in [0.1, 0.15) is 11.3 Å². The number of nitrogens with zero attached hydrogens (tertiary/aromatic N) is 1. The van der Waals surface area contributed by atoms with Gasteiger partial charge in [0, 0.05) is 13.1 Å². The van der Waals surface area contributed by atoms with E-state index in [-0.39, 0.29) is 31.3 Å². The monoisotopic (exact) mass is 388 g/mol. The van der Waals surface area contributed by atoms with Crippen LogP contribution in [-0.4, -0.2) is 41.5 Å². The zero-order chi connectivity index (χ0) is 20.5. The minimum Gasteiger partial charge on any atom is -0.444 e. The van der Waals surface area contributed by atoms with E-state index < -0.39 is 29.2 Å². The van der Waals surface area contributed by atoms with Crippen molar-refractivity contribution in [1.82, 2.24) is 10.2 Å². The van der Waals surface area contributed by atoms with Crippen LogP contribution >= 0.6 is 0 Å². The summed E-state index contributed by atoms with van der Waals surface area (Å²) in [6, 6.07) is 5.10. The SMILES string of the molecule is CC(C)(C)OC(=O)N1C(CNCc2ccccc2C(F)(F)F)COC1(C)C. The van der Waals surface area contributed by atoms with E-state index in [4.69, 9.17) is 9.47 Å². The molecule has 1 aliphatic rings. The average Bonchev–Trinajstić information content (AvgIpc) is 2.80. The van der Waals surface area contributed by atoms with Crippen molar-refractivity contribution in [2.24, 2.45) is 0 Å². The third-order valence-electron chi connectivity index (χ3n) is 4.18. The molecule has 27 heavy (non-hydrogen) atoms. The lowest BCUT2D eigenvalue weighted by Crippen LogP contribution is -2.52. The lowest BCUT2D eigenvalue weighted by Gasteiger charge is -2.35. The second kappa shape index (κ2) is 7.67. The molecule has 0 bridgehead atoms. The summed E-state index contributed by atoms with van der Waals surface area (Å²) in [5, 5.41) is 3.01. The van der Waals surface area contributed by atoms with Gasteiger partial charge in [0.15, 0.2) is 0 Å². The van der Waals surface area contributed by atoms with Gasteiger partial charge in [-0.1, -0.05) is 18.2 Å². The normalized spacial score (nSPS) is 20.0. The molecular weight excluding hydrogens is 361 g/mol. The minimum atomic E-state index is -4.40. The molecule has 1 amide bonds. The number of hydrogen-bond donors (Lipinski definition) is 1. The summed E-state index contributed by atoms with van der Waals surface area (Å²) in [4.78, 5) is 14.1. The Bertz CT molecular complexity index is 669. The van der Waals surface area contributed by atoms with Crippen molar-refractivity contribution in [2.75, 3.05) is 13.2 Å². The predicted molar refractivity (Wildman–Crippen MR) is 95.0 cm³/mol. The molecule has 2 rings (SSSR count). The van der Waals surface area contributed by atoms with E-state index in [1.165, 1.54) is 17.0 Å². The summed E-state index contributed by atoms with van der Waals surface area (Å²) < 4.78 is 50.4. The van der Waals surface area contributed by atoms with Gasteiger partial charge in [0.05, 0.1) is 18.2 Å². The number of benzene rings is 1. The van der Waals surface area contributed by atoms with E-state index in [1.807, 2.05) is 0 Å². The van der Waals surface area contributed by atoms with Crippen LogP contribution in [0.3, 0.4) is 0 Å². The van der Waals surface area contributed by atoms with Crippen molar-refractivity contribution < 1.29 is 27.4 Å². The summed E-state index contributed by atoms with van der Waals surface area (Å²) in [7, 11) is 0. The Morgan fingerprint density at radius 3 is 2.52 bits per heavy atom. The highest BCUT2D eigenvalue weighted by Gasteiger charge is 2.45. The second-order valence-corrected chi connectivity index (χ2v) is 8.05. The maximum Gasteiger partial charge on any atom is 0.416 e. The third kappa shape index (κ3) is 5.59. The molecule has 1 fully saturated rings. The van der Waals surface area contributed by atoms with Crippen LogP contribution in [0, 0.1) is 0 Å². The first-order valence-corrected chi connectivity index (χ1v) is 8.83. The molecule has 1 unspecified atom stereocenters. The number of alkyl halides is 3. The molecule has 0 aliphatic carbocycles. The number of ether oxygens (including phenoxy) is 2. The number of carbonyl (C=O) groups excluding carboxylic acids is 1. The molecule has 0 saturated carbocycles. The number of rotatable bonds is 4. The molecular formula is C19H27F3N2O3. The second-order valence-electron chi connectivity index (χ2n) is 8.05. The Morgan fingerprint density at radius 2 is 1.93 bits per heavy atom. The minimum absolute atomic E-state index is 0.0365. The molecule has 8 heteroatoms. The predicted octanol–water partition coefficient (Wildman–Crippen LogP) is 4.17. The van der Waals surface area contributed by atoms with Gasteiger partial charge in [-0.3, -0.25) is 4.90 Å². The van der Waals surface area contributed by atoms with Crippen LogP contribution in [0.2, 0.25) is 0 Å². The molecule has 152 valence electrons. The number of nitrogens with one attached hydrogen (secondary N) is 1. The standard InChI is InChI=1S/C19H27F3N2O3/c1-17(2,3)27-16(25)24-14(12-26-18(24,4)5)11-23-10-13-8-6-7-9-15(13)19(20,21)22/h6-9,14,23H,10-12H2,1-5H3. The topological polar surface area (TPSA) is 50.8 Å². The fraction of sp³-hybridized carbons (Fsp3) is 0.632. The van der Waals surface area contributed by atoms with Gasteiger partial charge in [0.25, 0.3) is 0 Å². The van der Waals surface area contributed by atoms with Crippen LogP contribution in [0.15, 0.2) is 24.3 Å². The number of halogens is 3. The maximum atomic E-state index is 13.1. The average molecular weight is 388 g/mol. The van der Waals surface area contributed by atoms with Gasteiger partial charge >= 0.3 is 12.3 Å². The van der Waals surface area contributed by atoms with Crippen LogP contribution in [-0.2, 0) is 22.2 Å². The lowest BCUT2D eigenvalue weighted by atomic mass is 10.1. The highest BCUT2D eigenvalue weighted by Crippen LogP contribution is 2.32. The van der Waals surface area contributed by atoms with Crippen molar-refractivity contribution in [3.05, 3.63) is 35.4 Å². The maximum absolute atomic E-state index is 13.1. The number of carbonyl (C=O) groups is 1. The summed E-state index contributed by atoms with van der Waals surface area (Å²) in [6.45, 7) is 9.44. The van der Waals surface area contributed by atoms with Gasteiger partial charge < -0.3 is 14.8 Å². The number of amides is 1. The fourth-order valence-electron chi connectivity index (χ4n) is 3.04. The zero-order valence-corrected chi connectivity index (χ0v) is 16.3. The van der Waals surface area contributed by atoms with Crippen LogP contribution in [0.1, 0.15) is 45.7 Å². The van der Waals surface area contributed by atoms with Crippen molar-refractivity contribution >= 4 is 6.09 Å². The molecule has 1 aromatic carbocycles. The van der Waals surface area contributed by atoms with Crippen molar-refractivity contribution in [2.45, 2.75) is 64.7 Å². The van der Waals surface area contributed by atoms with E-state index in [0.29, 0.717) is 0 Å². The van der Waals surface area contributed by atoms with Gasteiger partial charge in [-0.05, 0) is 46.2 Å². The van der Waals surface area contributed by atoms with Crippen molar-refractivity contribution in [3.8, 4) is 0 Å². The van der Waals surface area contributed by atoms with Gasteiger partial charge in [-0.25, -0.2) is 4.79 Å². The molecule has 1 N–H and O–H groups in total. The van der Waals surface area contributed by atoms with Gasteiger partial charge in [-0.2, -0.15) is 13.2 Å². The highest BCUT2D eigenvalue weighted by molar-refractivity contribution is 5.69. The lowest BCUT2D eigenvalue weighted by molar-refractivity contribution is -0.138. The highest BCUT2D eigenvalue weighted by atomic mass is 19.4. The smallest absolute Gasteiger partial charge is 0.416 e. The third-order valence-corrected chi connectivity index (χ3v) is 4.18. The van der Waals surface area contributed by atoms with Crippen LogP contribution in [0.5, 0.6) is 0 Å². The van der Waals surface area contributed by atoms with Gasteiger partial charge in [0.2, 0.25) is 0 Å². The molecule has 1 aliphatic heterocycles. The Hall–Kier alpha value is -1.80.